The number of thiazole rings is 1. The first kappa shape index (κ1) is 15.2. The highest BCUT2D eigenvalue weighted by molar-refractivity contribution is 7.22. The van der Waals surface area contributed by atoms with E-state index < -0.39 is 0 Å². The molecule has 23 heavy (non-hydrogen) atoms. The van der Waals surface area contributed by atoms with Crippen LogP contribution in [0.5, 0.6) is 5.75 Å². The van der Waals surface area contributed by atoms with E-state index in [0.29, 0.717) is 5.13 Å². The van der Waals surface area contributed by atoms with Crippen LogP contribution in [0.15, 0.2) is 48.5 Å². The van der Waals surface area contributed by atoms with Gasteiger partial charge in [0.05, 0.1) is 17.3 Å². The lowest BCUT2D eigenvalue weighted by Gasteiger charge is -1.96. The zero-order valence-corrected chi connectivity index (χ0v) is 13.7. The number of nitrogens with one attached hydrogen (secondary N) is 1. The van der Waals surface area contributed by atoms with Crippen molar-refractivity contribution >= 4 is 38.7 Å². The van der Waals surface area contributed by atoms with E-state index in [9.17, 15) is 4.79 Å². The number of ether oxygens (including phenoxy) is 1. The van der Waals surface area contributed by atoms with Crippen molar-refractivity contribution < 1.29 is 9.53 Å². The summed E-state index contributed by atoms with van der Waals surface area (Å²) in [5.41, 5.74) is 3.02. The number of aromatic nitrogens is 1. The Labute approximate surface area is 138 Å². The highest BCUT2D eigenvalue weighted by Gasteiger charge is 2.06. The molecule has 4 nitrogen and oxygen atoms in total. The first-order valence-corrected chi connectivity index (χ1v) is 7.96. The lowest BCUT2D eigenvalue weighted by atomic mass is 10.1. The van der Waals surface area contributed by atoms with Gasteiger partial charge in [-0.25, -0.2) is 4.98 Å². The van der Waals surface area contributed by atoms with E-state index in [1.54, 1.807) is 13.2 Å². The molecule has 0 radical (unpaired) electrons. The van der Waals surface area contributed by atoms with Gasteiger partial charge in [0.25, 0.3) is 0 Å². The Morgan fingerprint density at radius 3 is 2.74 bits per heavy atom. The van der Waals surface area contributed by atoms with Crippen LogP contribution in [0.4, 0.5) is 5.13 Å². The Morgan fingerprint density at radius 1 is 1.22 bits per heavy atom. The number of nitrogens with zero attached hydrogens (tertiary/aromatic N) is 1. The second-order valence-electron chi connectivity index (χ2n) is 5.09. The number of fused-ring (bicyclic) bond motifs is 1. The molecule has 1 N–H and O–H groups in total. The van der Waals surface area contributed by atoms with E-state index in [-0.39, 0.29) is 5.91 Å². The third kappa shape index (κ3) is 3.76. The monoisotopic (exact) mass is 324 g/mol. The number of rotatable bonds is 4. The Hall–Kier alpha value is -2.66. The van der Waals surface area contributed by atoms with Crippen LogP contribution in [-0.2, 0) is 4.79 Å². The van der Waals surface area contributed by atoms with E-state index in [1.165, 1.54) is 23.0 Å². The average Bonchev–Trinajstić information content (AvgIpc) is 2.95. The second-order valence-corrected chi connectivity index (χ2v) is 6.12. The van der Waals surface area contributed by atoms with E-state index in [2.05, 4.69) is 10.3 Å². The van der Waals surface area contributed by atoms with Gasteiger partial charge >= 0.3 is 0 Å². The average molecular weight is 324 g/mol. The van der Waals surface area contributed by atoms with Gasteiger partial charge < -0.3 is 4.74 Å². The topological polar surface area (TPSA) is 51.2 Å². The van der Waals surface area contributed by atoms with Crippen LogP contribution in [0.3, 0.4) is 0 Å². The number of aryl methyl sites for hydroxylation is 1. The van der Waals surface area contributed by atoms with E-state index in [0.717, 1.165) is 21.5 Å². The molecule has 0 saturated heterocycles. The van der Waals surface area contributed by atoms with Crippen molar-refractivity contribution in [3.8, 4) is 5.75 Å². The van der Waals surface area contributed by atoms with Crippen molar-refractivity contribution in [3.05, 3.63) is 59.7 Å². The Bertz CT molecular complexity index is 866. The van der Waals surface area contributed by atoms with E-state index in [4.69, 9.17) is 4.74 Å². The van der Waals surface area contributed by atoms with Crippen LogP contribution in [-0.4, -0.2) is 18.0 Å². The molecular formula is C18H16N2O2S. The lowest BCUT2D eigenvalue weighted by molar-refractivity contribution is -0.111. The third-order valence-electron chi connectivity index (χ3n) is 3.33. The zero-order chi connectivity index (χ0) is 16.2. The number of anilines is 1. The smallest absolute Gasteiger partial charge is 0.250 e. The fourth-order valence-electron chi connectivity index (χ4n) is 2.08. The molecule has 3 aromatic rings. The van der Waals surface area contributed by atoms with Crippen LogP contribution in [0.2, 0.25) is 0 Å². The molecule has 0 spiro atoms. The molecule has 0 bridgehead atoms. The molecule has 0 aliphatic rings. The third-order valence-corrected chi connectivity index (χ3v) is 4.26. The standard InChI is InChI=1S/C18H16N2O2S/c1-12-3-5-13(6-4-12)7-10-17(21)20-18-19-15-9-8-14(22-2)11-16(15)23-18/h3-11H,1-2H3,(H,19,20,21). The molecule has 1 aromatic heterocycles. The quantitative estimate of drug-likeness (QED) is 0.729. The van der Waals surface area contributed by atoms with Gasteiger partial charge in [-0.2, -0.15) is 0 Å². The molecule has 2 aromatic carbocycles. The summed E-state index contributed by atoms with van der Waals surface area (Å²) in [7, 11) is 1.63. The fourth-order valence-corrected chi connectivity index (χ4v) is 2.98. The van der Waals surface area contributed by atoms with Crippen molar-refractivity contribution in [2.24, 2.45) is 0 Å². The maximum Gasteiger partial charge on any atom is 0.250 e. The Morgan fingerprint density at radius 2 is 2.00 bits per heavy atom. The van der Waals surface area contributed by atoms with Gasteiger partial charge in [0.1, 0.15) is 5.75 Å². The molecule has 0 unspecified atom stereocenters. The van der Waals surface area contributed by atoms with Crippen molar-refractivity contribution in [2.45, 2.75) is 6.92 Å². The molecule has 0 aliphatic carbocycles. The number of methoxy groups -OCH3 is 1. The minimum atomic E-state index is -0.198. The molecule has 0 fully saturated rings. The lowest BCUT2D eigenvalue weighted by Crippen LogP contribution is -2.07. The first-order valence-electron chi connectivity index (χ1n) is 7.14. The number of hydrogen-bond acceptors (Lipinski definition) is 4. The van der Waals surface area contributed by atoms with Crippen LogP contribution >= 0.6 is 11.3 Å². The van der Waals surface area contributed by atoms with Gasteiger partial charge in [0.2, 0.25) is 5.91 Å². The second kappa shape index (κ2) is 6.62. The molecule has 0 atom stereocenters. The summed E-state index contributed by atoms with van der Waals surface area (Å²) in [6.07, 6.45) is 3.29. The summed E-state index contributed by atoms with van der Waals surface area (Å²) >= 11 is 1.42. The largest absolute Gasteiger partial charge is 0.497 e. The maximum atomic E-state index is 12.0. The first-order chi connectivity index (χ1) is 11.1. The van der Waals surface area contributed by atoms with Gasteiger partial charge in [-0.1, -0.05) is 41.2 Å². The zero-order valence-electron chi connectivity index (χ0n) is 12.9. The molecule has 5 heteroatoms. The summed E-state index contributed by atoms with van der Waals surface area (Å²) < 4.78 is 6.16. The molecule has 3 rings (SSSR count). The van der Waals surface area contributed by atoms with Crippen LogP contribution in [0.25, 0.3) is 16.3 Å². The SMILES string of the molecule is COc1ccc2nc(NC(=O)C=Cc3ccc(C)cc3)sc2c1. The predicted molar refractivity (Wildman–Crippen MR) is 95.0 cm³/mol. The number of benzene rings is 2. The summed E-state index contributed by atoms with van der Waals surface area (Å²) in [5, 5.41) is 3.37. The molecule has 0 saturated carbocycles. The molecule has 0 aliphatic heterocycles. The predicted octanol–water partition coefficient (Wildman–Crippen LogP) is 4.27. The van der Waals surface area contributed by atoms with Crippen molar-refractivity contribution in [1.82, 2.24) is 4.98 Å². The van der Waals surface area contributed by atoms with Gasteiger partial charge in [-0.05, 0) is 36.8 Å². The highest BCUT2D eigenvalue weighted by atomic mass is 32.1. The Kier molecular flexibility index (Phi) is 4.39. The minimum absolute atomic E-state index is 0.198. The number of carbonyl (C=O) groups is 1. The normalized spacial score (nSPS) is 11.0. The molecular weight excluding hydrogens is 308 g/mol. The van der Waals surface area contributed by atoms with Gasteiger partial charge in [-0.15, -0.1) is 0 Å². The highest BCUT2D eigenvalue weighted by Crippen LogP contribution is 2.29. The van der Waals surface area contributed by atoms with Crippen molar-refractivity contribution in [1.29, 1.82) is 0 Å². The fraction of sp³-hybridized carbons (Fsp3) is 0.111. The maximum absolute atomic E-state index is 12.0. The van der Waals surface area contributed by atoms with Crippen molar-refractivity contribution in [2.75, 3.05) is 12.4 Å². The molecule has 1 heterocycles. The summed E-state index contributed by atoms with van der Waals surface area (Å²) in [6.45, 7) is 2.03. The molecule has 1 amide bonds. The summed E-state index contributed by atoms with van der Waals surface area (Å²) in [6, 6.07) is 13.6. The van der Waals surface area contributed by atoms with Crippen molar-refractivity contribution in [3.63, 3.8) is 0 Å². The summed E-state index contributed by atoms with van der Waals surface area (Å²) in [4.78, 5) is 16.4. The van der Waals surface area contributed by atoms with E-state index in [1.807, 2.05) is 49.4 Å². The van der Waals surface area contributed by atoms with E-state index >= 15 is 0 Å². The number of carbonyl (C=O) groups excluding carboxylic acids is 1. The van der Waals surface area contributed by atoms with Crippen LogP contribution < -0.4 is 10.1 Å². The summed E-state index contributed by atoms with van der Waals surface area (Å²) in [5.74, 6) is 0.579. The minimum Gasteiger partial charge on any atom is -0.497 e. The van der Waals surface area contributed by atoms with Gasteiger partial charge in [-0.3, -0.25) is 10.1 Å². The Balaban J connectivity index is 1.71. The van der Waals surface area contributed by atoms with Gasteiger partial charge in [0, 0.05) is 6.08 Å². The van der Waals surface area contributed by atoms with Gasteiger partial charge in [0.15, 0.2) is 5.13 Å². The van der Waals surface area contributed by atoms with Crippen LogP contribution in [0.1, 0.15) is 11.1 Å². The number of amides is 1. The molecule has 116 valence electrons. The van der Waals surface area contributed by atoms with Crippen LogP contribution in [0, 0.1) is 6.92 Å². The number of hydrogen-bond donors (Lipinski definition) is 1.